The van der Waals surface area contributed by atoms with Crippen LogP contribution in [0.5, 0.6) is 0 Å². The lowest BCUT2D eigenvalue weighted by Gasteiger charge is -2.38. The van der Waals surface area contributed by atoms with Gasteiger partial charge in [0.15, 0.2) is 0 Å². The predicted octanol–water partition coefficient (Wildman–Crippen LogP) is 2.05. The number of nitrogens with zero attached hydrogens (tertiary/aromatic N) is 1. The average molecular weight is 151 g/mol. The van der Waals surface area contributed by atoms with E-state index in [1.54, 1.807) is 0 Å². The van der Waals surface area contributed by atoms with Gasteiger partial charge in [-0.25, -0.2) is 0 Å². The van der Waals surface area contributed by atoms with Crippen LogP contribution < -0.4 is 0 Å². The Morgan fingerprint density at radius 2 is 2.09 bits per heavy atom. The Hall–Kier alpha value is -0.300. The van der Waals surface area contributed by atoms with Crippen molar-refractivity contribution >= 4 is 0 Å². The highest BCUT2D eigenvalue weighted by molar-refractivity contribution is 5.02. The van der Waals surface area contributed by atoms with E-state index >= 15 is 0 Å². The van der Waals surface area contributed by atoms with E-state index in [0.717, 1.165) is 12.0 Å². The smallest absolute Gasteiger partial charge is 0.0163 e. The van der Waals surface area contributed by atoms with Crippen LogP contribution in [0.4, 0.5) is 0 Å². The zero-order valence-corrected chi connectivity index (χ0v) is 7.29. The van der Waals surface area contributed by atoms with Gasteiger partial charge in [0.25, 0.3) is 0 Å². The van der Waals surface area contributed by atoms with Gasteiger partial charge in [0.2, 0.25) is 0 Å². The fourth-order valence-electron chi connectivity index (χ4n) is 2.45. The van der Waals surface area contributed by atoms with Gasteiger partial charge in [-0.3, -0.25) is 4.90 Å². The van der Waals surface area contributed by atoms with Crippen molar-refractivity contribution in [3.63, 3.8) is 0 Å². The number of rotatable bonds is 0. The molecule has 1 nitrogen and oxygen atoms in total. The van der Waals surface area contributed by atoms with Gasteiger partial charge in [-0.05, 0) is 25.8 Å². The molecule has 0 bridgehead atoms. The van der Waals surface area contributed by atoms with E-state index in [4.69, 9.17) is 0 Å². The second-order valence-electron chi connectivity index (χ2n) is 3.88. The maximum Gasteiger partial charge on any atom is 0.0163 e. The second kappa shape index (κ2) is 2.98. The van der Waals surface area contributed by atoms with Crippen LogP contribution in [-0.4, -0.2) is 24.5 Å². The first-order chi connectivity index (χ1) is 5.38. The maximum atomic E-state index is 2.50. The van der Waals surface area contributed by atoms with Crippen LogP contribution in [0.1, 0.15) is 25.7 Å². The highest BCUT2D eigenvalue weighted by Gasteiger charge is 2.27. The number of likely N-dealkylation sites (N-methyl/N-ethyl adjacent to an activating group) is 1. The third-order valence-electron chi connectivity index (χ3n) is 3.12. The van der Waals surface area contributed by atoms with Crippen molar-refractivity contribution in [2.24, 2.45) is 5.92 Å². The summed E-state index contributed by atoms with van der Waals surface area (Å²) in [6, 6.07) is 0.869. The normalized spacial score (nSPS) is 38.6. The molecule has 0 radical (unpaired) electrons. The lowest BCUT2D eigenvalue weighted by Crippen LogP contribution is -2.41. The summed E-state index contributed by atoms with van der Waals surface area (Å²) in [7, 11) is 2.26. The molecule has 2 atom stereocenters. The van der Waals surface area contributed by atoms with Gasteiger partial charge in [-0.15, -0.1) is 0 Å². The van der Waals surface area contributed by atoms with Crippen molar-refractivity contribution in [1.29, 1.82) is 0 Å². The molecule has 0 spiro atoms. The first-order valence-electron chi connectivity index (χ1n) is 4.75. The Bertz CT molecular complexity index is 162. The molecular weight excluding hydrogens is 134 g/mol. The van der Waals surface area contributed by atoms with E-state index in [1.165, 1.54) is 32.2 Å². The Morgan fingerprint density at radius 1 is 1.27 bits per heavy atom. The van der Waals surface area contributed by atoms with E-state index in [9.17, 15) is 0 Å². The lowest BCUT2D eigenvalue weighted by atomic mass is 9.82. The van der Waals surface area contributed by atoms with Crippen LogP contribution in [-0.2, 0) is 0 Å². The highest BCUT2D eigenvalue weighted by atomic mass is 15.1. The molecule has 1 unspecified atom stereocenters. The zero-order valence-electron chi connectivity index (χ0n) is 7.29. The van der Waals surface area contributed by atoms with Gasteiger partial charge in [0.1, 0.15) is 0 Å². The van der Waals surface area contributed by atoms with E-state index in [1.807, 2.05) is 0 Å². The van der Waals surface area contributed by atoms with Crippen molar-refractivity contribution in [3.8, 4) is 0 Å². The van der Waals surface area contributed by atoms with Gasteiger partial charge in [0.05, 0.1) is 0 Å². The van der Waals surface area contributed by atoms with Crippen LogP contribution in [0.3, 0.4) is 0 Å². The molecule has 1 aliphatic heterocycles. The first kappa shape index (κ1) is 7.35. The molecule has 1 heterocycles. The third-order valence-corrected chi connectivity index (χ3v) is 3.12. The van der Waals surface area contributed by atoms with E-state index < -0.39 is 0 Å². The lowest BCUT2D eigenvalue weighted by molar-refractivity contribution is 0.156. The van der Waals surface area contributed by atoms with Crippen molar-refractivity contribution < 1.29 is 0 Å². The molecule has 1 saturated carbocycles. The molecule has 0 N–H and O–H groups in total. The van der Waals surface area contributed by atoms with Crippen molar-refractivity contribution in [2.75, 3.05) is 13.6 Å². The fourth-order valence-corrected chi connectivity index (χ4v) is 2.45. The first-order valence-corrected chi connectivity index (χ1v) is 4.75. The van der Waals surface area contributed by atoms with E-state index in [-0.39, 0.29) is 0 Å². The molecule has 0 saturated heterocycles. The molecule has 1 fully saturated rings. The maximum absolute atomic E-state index is 2.50. The number of hydrogen-bond donors (Lipinski definition) is 0. The monoisotopic (exact) mass is 151 g/mol. The Labute approximate surface area is 69.1 Å². The van der Waals surface area contributed by atoms with Gasteiger partial charge < -0.3 is 0 Å². The average Bonchev–Trinajstić information content (AvgIpc) is 2.06. The zero-order chi connectivity index (χ0) is 7.68. The molecule has 0 amide bonds. The molecule has 0 aromatic rings. The van der Waals surface area contributed by atoms with Crippen molar-refractivity contribution in [3.05, 3.63) is 12.2 Å². The van der Waals surface area contributed by atoms with Gasteiger partial charge in [-0.2, -0.15) is 0 Å². The quantitative estimate of drug-likeness (QED) is 0.479. The van der Waals surface area contributed by atoms with Crippen molar-refractivity contribution in [1.82, 2.24) is 4.90 Å². The minimum Gasteiger partial charge on any atom is -0.299 e. The number of fused-ring (bicyclic) bond motifs is 1. The molecule has 62 valence electrons. The van der Waals surface area contributed by atoms with E-state index in [2.05, 4.69) is 24.1 Å². The molecule has 2 aliphatic rings. The minimum absolute atomic E-state index is 0.869. The van der Waals surface area contributed by atoms with Crippen LogP contribution >= 0.6 is 0 Å². The van der Waals surface area contributed by atoms with Crippen LogP contribution in [0.15, 0.2) is 12.2 Å². The van der Waals surface area contributed by atoms with Crippen LogP contribution in [0.2, 0.25) is 0 Å². The summed E-state index contributed by atoms with van der Waals surface area (Å²) in [6.45, 7) is 1.17. The van der Waals surface area contributed by atoms with Gasteiger partial charge >= 0.3 is 0 Å². The summed E-state index contributed by atoms with van der Waals surface area (Å²) < 4.78 is 0. The summed E-state index contributed by atoms with van der Waals surface area (Å²) in [5.41, 5.74) is 0. The molecule has 1 aliphatic carbocycles. The fraction of sp³-hybridized carbons (Fsp3) is 0.800. The van der Waals surface area contributed by atoms with E-state index in [0.29, 0.717) is 0 Å². The van der Waals surface area contributed by atoms with Crippen LogP contribution in [0.25, 0.3) is 0 Å². The molecule has 2 rings (SSSR count). The third kappa shape index (κ3) is 1.34. The minimum atomic E-state index is 0.869. The van der Waals surface area contributed by atoms with Crippen molar-refractivity contribution in [2.45, 2.75) is 31.7 Å². The Morgan fingerprint density at radius 3 is 2.91 bits per heavy atom. The molecule has 0 aromatic heterocycles. The summed E-state index contributed by atoms with van der Waals surface area (Å²) in [6.07, 6.45) is 10.5. The van der Waals surface area contributed by atoms with Gasteiger partial charge in [0, 0.05) is 12.6 Å². The topological polar surface area (TPSA) is 3.24 Å². The molecule has 11 heavy (non-hydrogen) atoms. The molecule has 0 aromatic carbocycles. The SMILES string of the molecule is CN1CC=CC2CCCC[C@H]21. The standard InChI is InChI=1S/C10H17N/c1-11-8-4-6-9-5-2-3-7-10(9)11/h4,6,9-10H,2-3,5,7-8H2,1H3/t9?,10-/m1/s1. The molecule has 1 heteroatoms. The summed E-state index contributed by atoms with van der Waals surface area (Å²) in [5, 5.41) is 0. The summed E-state index contributed by atoms with van der Waals surface area (Å²) in [5.74, 6) is 0.877. The molecular formula is C10H17N. The largest absolute Gasteiger partial charge is 0.299 e. The predicted molar refractivity (Wildman–Crippen MR) is 47.5 cm³/mol. The Balaban J connectivity index is 2.09. The summed E-state index contributed by atoms with van der Waals surface area (Å²) >= 11 is 0. The van der Waals surface area contributed by atoms with Crippen LogP contribution in [0, 0.1) is 5.92 Å². The van der Waals surface area contributed by atoms with Gasteiger partial charge in [-0.1, -0.05) is 25.0 Å². The Kier molecular flexibility index (Phi) is 1.99. The second-order valence-corrected chi connectivity index (χ2v) is 3.88. The summed E-state index contributed by atoms with van der Waals surface area (Å²) in [4.78, 5) is 2.50. The number of hydrogen-bond acceptors (Lipinski definition) is 1. The highest BCUT2D eigenvalue weighted by Crippen LogP contribution is 2.30.